The fourth-order valence-electron chi connectivity index (χ4n) is 0.561. The molecule has 0 aliphatic heterocycles. The molecule has 0 saturated heterocycles. The zero-order valence-electron chi connectivity index (χ0n) is 6.47. The van der Waals surface area contributed by atoms with Gasteiger partial charge in [-0.15, -0.1) is 11.3 Å². The molecule has 0 radical (unpaired) electrons. The summed E-state index contributed by atoms with van der Waals surface area (Å²) in [5, 5.41) is 13.1. The Morgan fingerprint density at radius 3 is 3.17 bits per heavy atom. The van der Waals surface area contributed by atoms with E-state index in [0.29, 0.717) is 0 Å². The molecule has 66 valence electrons. The van der Waals surface area contributed by atoms with Crippen LogP contribution in [0.2, 0.25) is 0 Å². The Morgan fingerprint density at radius 2 is 2.67 bits per heavy atom. The fourth-order valence-corrected chi connectivity index (χ4v) is 2.34. The molecule has 1 aromatic rings. The molecule has 3 N–H and O–H groups in total. The van der Waals surface area contributed by atoms with Crippen LogP contribution in [0.3, 0.4) is 0 Å². The highest BCUT2D eigenvalue weighted by Crippen LogP contribution is 2.24. The van der Waals surface area contributed by atoms with Crippen molar-refractivity contribution in [3.63, 3.8) is 0 Å². The highest BCUT2D eigenvalue weighted by Gasteiger charge is 2.10. The second-order valence-corrected chi connectivity index (χ2v) is 4.57. The van der Waals surface area contributed by atoms with Crippen LogP contribution in [-0.2, 0) is 0 Å². The predicted molar refractivity (Wildman–Crippen MR) is 50.8 cm³/mol. The van der Waals surface area contributed by atoms with E-state index in [4.69, 9.17) is 10.9 Å². The average molecular weight is 203 g/mol. The predicted octanol–water partition coefficient (Wildman–Crippen LogP) is 1.37. The number of hydrogen-bond acceptors (Lipinski definition) is 5. The first kappa shape index (κ1) is 9.34. The van der Waals surface area contributed by atoms with E-state index in [9.17, 15) is 0 Å². The van der Waals surface area contributed by atoms with Crippen molar-refractivity contribution >= 4 is 28.9 Å². The summed E-state index contributed by atoms with van der Waals surface area (Å²) in [6.07, 6.45) is 1.73. The zero-order chi connectivity index (χ0) is 8.97. The third-order valence-corrected chi connectivity index (χ3v) is 3.26. The van der Waals surface area contributed by atoms with E-state index < -0.39 is 0 Å². The summed E-state index contributed by atoms with van der Waals surface area (Å²) < 4.78 is 0.925. The number of rotatable bonds is 3. The molecule has 0 amide bonds. The maximum Gasteiger partial charge on any atom is 0.152 e. The van der Waals surface area contributed by atoms with E-state index in [2.05, 4.69) is 10.1 Å². The van der Waals surface area contributed by atoms with Crippen LogP contribution < -0.4 is 5.73 Å². The van der Waals surface area contributed by atoms with Gasteiger partial charge in [0, 0.05) is 11.6 Å². The van der Waals surface area contributed by atoms with Crippen molar-refractivity contribution in [1.29, 1.82) is 0 Å². The summed E-state index contributed by atoms with van der Waals surface area (Å²) >= 11 is 3.01. The van der Waals surface area contributed by atoms with Gasteiger partial charge in [-0.05, 0) is 6.92 Å². The number of nitrogens with zero attached hydrogens (tertiary/aromatic N) is 2. The molecule has 1 heterocycles. The van der Waals surface area contributed by atoms with Crippen LogP contribution in [-0.4, -0.2) is 21.3 Å². The first-order valence-electron chi connectivity index (χ1n) is 3.27. The Hall–Kier alpha value is -0.750. The highest BCUT2D eigenvalue weighted by atomic mass is 32.2. The molecular formula is C6H9N3OS2. The first-order chi connectivity index (χ1) is 5.74. The van der Waals surface area contributed by atoms with Crippen molar-refractivity contribution in [3.05, 3.63) is 11.6 Å². The van der Waals surface area contributed by atoms with Crippen LogP contribution in [0.1, 0.15) is 6.92 Å². The third kappa shape index (κ3) is 2.38. The molecule has 12 heavy (non-hydrogen) atoms. The molecular weight excluding hydrogens is 194 g/mol. The van der Waals surface area contributed by atoms with Gasteiger partial charge in [-0.1, -0.05) is 16.9 Å². The quantitative estimate of drug-likeness (QED) is 0.256. The van der Waals surface area contributed by atoms with Crippen LogP contribution in [0.5, 0.6) is 0 Å². The zero-order valence-corrected chi connectivity index (χ0v) is 8.10. The van der Waals surface area contributed by atoms with Gasteiger partial charge in [0.25, 0.3) is 0 Å². The van der Waals surface area contributed by atoms with Crippen molar-refractivity contribution in [2.45, 2.75) is 16.5 Å². The summed E-state index contributed by atoms with van der Waals surface area (Å²) in [6, 6.07) is 0. The third-order valence-electron chi connectivity index (χ3n) is 1.22. The minimum absolute atomic E-state index is 0.0406. The number of oxime groups is 1. The summed E-state index contributed by atoms with van der Waals surface area (Å²) in [5.41, 5.74) is 5.39. The number of aromatic nitrogens is 1. The van der Waals surface area contributed by atoms with Crippen LogP contribution in [0.15, 0.2) is 21.1 Å². The lowest BCUT2D eigenvalue weighted by Crippen LogP contribution is -2.23. The van der Waals surface area contributed by atoms with Gasteiger partial charge < -0.3 is 10.9 Å². The molecule has 1 aromatic heterocycles. The van der Waals surface area contributed by atoms with Gasteiger partial charge in [-0.3, -0.25) is 0 Å². The molecule has 0 bridgehead atoms. The Labute approximate surface area is 78.5 Å². The molecule has 6 heteroatoms. The summed E-state index contributed by atoms with van der Waals surface area (Å²) in [7, 11) is 0. The van der Waals surface area contributed by atoms with E-state index in [1.165, 1.54) is 23.1 Å². The van der Waals surface area contributed by atoms with Gasteiger partial charge in [0.05, 0.1) is 5.25 Å². The first-order valence-corrected chi connectivity index (χ1v) is 5.03. The van der Waals surface area contributed by atoms with Crippen molar-refractivity contribution in [3.8, 4) is 0 Å². The van der Waals surface area contributed by atoms with E-state index in [1.54, 1.807) is 6.20 Å². The van der Waals surface area contributed by atoms with Gasteiger partial charge in [-0.25, -0.2) is 4.98 Å². The number of amidine groups is 1. The topological polar surface area (TPSA) is 71.5 Å². The Morgan fingerprint density at radius 1 is 1.92 bits per heavy atom. The van der Waals surface area contributed by atoms with Crippen LogP contribution in [0.4, 0.5) is 0 Å². The Balaban J connectivity index is 2.53. The number of hydrogen-bond donors (Lipinski definition) is 2. The molecule has 1 unspecified atom stereocenters. The van der Waals surface area contributed by atoms with E-state index in [1.807, 2.05) is 12.3 Å². The minimum atomic E-state index is -0.0406. The molecule has 1 rings (SSSR count). The van der Waals surface area contributed by atoms with Gasteiger partial charge in [0.1, 0.15) is 4.34 Å². The van der Waals surface area contributed by atoms with Gasteiger partial charge in [-0.2, -0.15) is 0 Å². The van der Waals surface area contributed by atoms with Gasteiger partial charge in [0.15, 0.2) is 5.84 Å². The van der Waals surface area contributed by atoms with Crippen LogP contribution in [0, 0.1) is 0 Å². The largest absolute Gasteiger partial charge is 0.409 e. The lowest BCUT2D eigenvalue weighted by Gasteiger charge is -2.05. The van der Waals surface area contributed by atoms with E-state index >= 15 is 0 Å². The van der Waals surface area contributed by atoms with Crippen LogP contribution in [0.25, 0.3) is 0 Å². The smallest absolute Gasteiger partial charge is 0.152 e. The SMILES string of the molecule is CC(Sc1nccs1)C(N)=NO. The molecule has 0 fully saturated rings. The molecule has 0 aromatic carbocycles. The Kier molecular flexibility index (Phi) is 3.36. The number of thiazole rings is 1. The van der Waals surface area contributed by atoms with Crippen molar-refractivity contribution in [2.24, 2.45) is 10.9 Å². The molecule has 0 saturated carbocycles. The summed E-state index contributed by atoms with van der Waals surface area (Å²) in [4.78, 5) is 4.06. The maximum atomic E-state index is 8.37. The summed E-state index contributed by atoms with van der Waals surface area (Å²) in [6.45, 7) is 1.86. The lowest BCUT2D eigenvalue weighted by molar-refractivity contribution is 0.317. The fraction of sp³-hybridized carbons (Fsp3) is 0.333. The van der Waals surface area contributed by atoms with Crippen LogP contribution >= 0.6 is 23.1 Å². The van der Waals surface area contributed by atoms with E-state index in [-0.39, 0.29) is 11.1 Å². The second-order valence-electron chi connectivity index (χ2n) is 2.08. The summed E-state index contributed by atoms with van der Waals surface area (Å²) in [5.74, 6) is 0.218. The van der Waals surface area contributed by atoms with Gasteiger partial charge in [0.2, 0.25) is 0 Å². The van der Waals surface area contributed by atoms with Crippen molar-refractivity contribution in [1.82, 2.24) is 4.98 Å². The average Bonchev–Trinajstić information content (AvgIpc) is 2.55. The number of thioether (sulfide) groups is 1. The molecule has 0 spiro atoms. The molecule has 1 atom stereocenters. The normalized spacial score (nSPS) is 14.6. The molecule has 4 nitrogen and oxygen atoms in total. The van der Waals surface area contributed by atoms with E-state index in [0.717, 1.165) is 4.34 Å². The van der Waals surface area contributed by atoms with Gasteiger partial charge >= 0.3 is 0 Å². The monoisotopic (exact) mass is 203 g/mol. The second kappa shape index (κ2) is 4.32. The van der Waals surface area contributed by atoms with Crippen molar-refractivity contribution in [2.75, 3.05) is 0 Å². The lowest BCUT2D eigenvalue weighted by atomic mass is 10.4. The van der Waals surface area contributed by atoms with Crippen molar-refractivity contribution < 1.29 is 5.21 Å². The molecule has 0 aliphatic rings. The molecule has 0 aliphatic carbocycles. The maximum absolute atomic E-state index is 8.37. The highest BCUT2D eigenvalue weighted by molar-refractivity contribution is 8.02. The Bertz CT molecular complexity index is 260. The number of nitrogens with two attached hydrogens (primary N) is 1. The standard InChI is InChI=1S/C6H9N3OS2/c1-4(5(7)9-10)12-6-8-2-3-11-6/h2-4,10H,1H3,(H2,7,9). The minimum Gasteiger partial charge on any atom is -0.409 e.